The SMILES string of the molecule is C=CC(=O)Nc1cccc(C(=O)N2CCc3c(cccc3N(C)c3ccc(C(F)(F)F)cc3)C2)n1. The predicted octanol–water partition coefficient (Wildman–Crippen LogP) is 5.19. The molecule has 0 fully saturated rings. The number of aromatic nitrogens is 1. The quantitative estimate of drug-likeness (QED) is 0.511. The van der Waals surface area contributed by atoms with E-state index in [0.717, 1.165) is 35.0 Å². The summed E-state index contributed by atoms with van der Waals surface area (Å²) in [4.78, 5) is 32.4. The van der Waals surface area contributed by atoms with Crippen LogP contribution in [0.4, 0.5) is 30.4 Å². The van der Waals surface area contributed by atoms with Crippen LogP contribution in [0.2, 0.25) is 0 Å². The number of carbonyl (C=O) groups is 2. The third-order valence-electron chi connectivity index (χ3n) is 5.88. The minimum absolute atomic E-state index is 0.216. The standard InChI is InChI=1S/C26H23F3N4O2/c1-3-24(34)31-23-9-5-7-21(30-23)25(35)33-15-14-20-17(16-33)6-4-8-22(20)32(2)19-12-10-18(11-13-19)26(27,28)29/h3-13H,1,14-16H2,2H3,(H,30,31,34). The van der Waals surface area contributed by atoms with Crippen molar-refractivity contribution < 1.29 is 22.8 Å². The number of carbonyl (C=O) groups excluding carboxylic acids is 2. The van der Waals surface area contributed by atoms with E-state index in [1.807, 2.05) is 30.1 Å². The molecule has 2 aromatic carbocycles. The Bertz CT molecular complexity index is 1270. The summed E-state index contributed by atoms with van der Waals surface area (Å²) in [7, 11) is 1.81. The number of amides is 2. The Morgan fingerprint density at radius 3 is 2.49 bits per heavy atom. The maximum absolute atomic E-state index is 13.1. The van der Waals surface area contributed by atoms with Gasteiger partial charge in [-0.05, 0) is 66.1 Å². The number of benzene rings is 2. The van der Waals surface area contributed by atoms with Gasteiger partial charge in [0.1, 0.15) is 11.5 Å². The number of alkyl halides is 3. The van der Waals surface area contributed by atoms with Crippen molar-refractivity contribution in [3.8, 4) is 0 Å². The lowest BCUT2D eigenvalue weighted by molar-refractivity contribution is -0.137. The molecule has 180 valence electrons. The van der Waals surface area contributed by atoms with Crippen LogP contribution in [0.15, 0.2) is 73.3 Å². The van der Waals surface area contributed by atoms with Crippen LogP contribution in [-0.4, -0.2) is 35.3 Å². The Morgan fingerprint density at radius 1 is 1.09 bits per heavy atom. The second-order valence-corrected chi connectivity index (χ2v) is 8.10. The molecular weight excluding hydrogens is 457 g/mol. The Morgan fingerprint density at radius 2 is 1.80 bits per heavy atom. The van der Waals surface area contributed by atoms with Gasteiger partial charge in [-0.2, -0.15) is 13.2 Å². The highest BCUT2D eigenvalue weighted by Crippen LogP contribution is 2.35. The summed E-state index contributed by atoms with van der Waals surface area (Å²) in [5.74, 6) is -0.413. The summed E-state index contributed by atoms with van der Waals surface area (Å²) in [5.41, 5.74) is 3.03. The van der Waals surface area contributed by atoms with Crippen LogP contribution in [0, 0.1) is 0 Å². The third kappa shape index (κ3) is 5.18. The Balaban J connectivity index is 1.53. The molecule has 0 bridgehead atoms. The first-order valence-corrected chi connectivity index (χ1v) is 10.9. The maximum Gasteiger partial charge on any atom is 0.416 e. The smallest absolute Gasteiger partial charge is 0.344 e. The molecule has 0 saturated heterocycles. The number of pyridine rings is 1. The minimum atomic E-state index is -4.38. The van der Waals surface area contributed by atoms with Crippen LogP contribution in [0.25, 0.3) is 0 Å². The molecule has 0 aliphatic carbocycles. The summed E-state index contributed by atoms with van der Waals surface area (Å²) in [5, 5.41) is 2.55. The van der Waals surface area contributed by atoms with Gasteiger partial charge in [0.2, 0.25) is 5.91 Å². The summed E-state index contributed by atoms with van der Waals surface area (Å²) in [6, 6.07) is 15.6. The first-order valence-electron chi connectivity index (χ1n) is 10.9. The van der Waals surface area contributed by atoms with Crippen molar-refractivity contribution in [2.45, 2.75) is 19.1 Å². The fourth-order valence-corrected chi connectivity index (χ4v) is 4.05. The molecule has 35 heavy (non-hydrogen) atoms. The number of fused-ring (bicyclic) bond motifs is 1. The number of halogens is 3. The molecule has 0 radical (unpaired) electrons. The van der Waals surface area contributed by atoms with Crippen LogP contribution in [0.1, 0.15) is 27.2 Å². The van der Waals surface area contributed by atoms with Gasteiger partial charge >= 0.3 is 6.18 Å². The number of hydrogen-bond donors (Lipinski definition) is 1. The fourth-order valence-electron chi connectivity index (χ4n) is 4.05. The lowest BCUT2D eigenvalue weighted by atomic mass is 9.96. The molecule has 2 heterocycles. The van der Waals surface area contributed by atoms with Crippen LogP contribution in [-0.2, 0) is 23.9 Å². The predicted molar refractivity (Wildman–Crippen MR) is 127 cm³/mol. The van der Waals surface area contributed by atoms with Crippen molar-refractivity contribution in [3.05, 3.63) is 95.7 Å². The van der Waals surface area contributed by atoms with E-state index in [0.29, 0.717) is 25.2 Å². The largest absolute Gasteiger partial charge is 0.416 e. The zero-order chi connectivity index (χ0) is 25.2. The molecule has 4 rings (SSSR count). The van der Waals surface area contributed by atoms with Gasteiger partial charge in [0.05, 0.1) is 5.56 Å². The van der Waals surface area contributed by atoms with Crippen molar-refractivity contribution >= 4 is 29.0 Å². The van der Waals surface area contributed by atoms with Crippen LogP contribution in [0.5, 0.6) is 0 Å². The van der Waals surface area contributed by atoms with Crippen LogP contribution >= 0.6 is 0 Å². The zero-order valence-electron chi connectivity index (χ0n) is 19.0. The molecular formula is C26H23F3N4O2. The van der Waals surface area contributed by atoms with Gasteiger partial charge in [-0.1, -0.05) is 24.8 Å². The summed E-state index contributed by atoms with van der Waals surface area (Å²) < 4.78 is 38.7. The Hall–Kier alpha value is -4.14. The van der Waals surface area contributed by atoms with Gasteiger partial charge in [-0.3, -0.25) is 9.59 Å². The molecule has 1 aliphatic rings. The highest BCUT2D eigenvalue weighted by Gasteiger charge is 2.30. The average Bonchev–Trinajstić information content (AvgIpc) is 2.86. The lowest BCUT2D eigenvalue weighted by Gasteiger charge is -2.32. The summed E-state index contributed by atoms with van der Waals surface area (Å²) >= 11 is 0. The van der Waals surface area contributed by atoms with E-state index in [1.165, 1.54) is 12.1 Å². The maximum atomic E-state index is 13.1. The number of nitrogens with zero attached hydrogens (tertiary/aromatic N) is 3. The monoisotopic (exact) mass is 480 g/mol. The molecule has 0 saturated carbocycles. The fraction of sp³-hybridized carbons (Fsp3) is 0.192. The molecule has 3 aromatic rings. The van der Waals surface area contributed by atoms with Crippen molar-refractivity contribution in [3.63, 3.8) is 0 Å². The van der Waals surface area contributed by atoms with Crippen LogP contribution in [0.3, 0.4) is 0 Å². The van der Waals surface area contributed by atoms with Crippen LogP contribution < -0.4 is 10.2 Å². The van der Waals surface area contributed by atoms with E-state index < -0.39 is 17.6 Å². The number of anilines is 3. The molecule has 1 N–H and O–H groups in total. The Labute approximate surface area is 200 Å². The highest BCUT2D eigenvalue weighted by atomic mass is 19.4. The van der Waals surface area contributed by atoms with Gasteiger partial charge in [-0.25, -0.2) is 4.98 Å². The summed E-state index contributed by atoms with van der Waals surface area (Å²) in [6.07, 6.45) is -2.68. The Kier molecular flexibility index (Phi) is 6.59. The van der Waals surface area contributed by atoms with E-state index in [9.17, 15) is 22.8 Å². The highest BCUT2D eigenvalue weighted by molar-refractivity contribution is 5.99. The molecule has 0 unspecified atom stereocenters. The van der Waals surface area contributed by atoms with Crippen molar-refractivity contribution in [2.75, 3.05) is 23.8 Å². The molecule has 6 nitrogen and oxygen atoms in total. The van der Waals surface area contributed by atoms with E-state index in [1.54, 1.807) is 23.1 Å². The molecule has 0 atom stereocenters. The zero-order valence-corrected chi connectivity index (χ0v) is 19.0. The number of rotatable bonds is 5. The lowest BCUT2D eigenvalue weighted by Crippen LogP contribution is -2.37. The van der Waals surface area contributed by atoms with Gasteiger partial charge < -0.3 is 15.1 Å². The van der Waals surface area contributed by atoms with Gasteiger partial charge in [0.15, 0.2) is 0 Å². The first-order chi connectivity index (χ1) is 16.7. The third-order valence-corrected chi connectivity index (χ3v) is 5.88. The van der Waals surface area contributed by atoms with E-state index in [-0.39, 0.29) is 17.4 Å². The summed E-state index contributed by atoms with van der Waals surface area (Å²) in [6.45, 7) is 4.22. The van der Waals surface area contributed by atoms with Crippen molar-refractivity contribution in [1.82, 2.24) is 9.88 Å². The average molecular weight is 480 g/mol. The number of nitrogens with one attached hydrogen (secondary N) is 1. The van der Waals surface area contributed by atoms with E-state index >= 15 is 0 Å². The topological polar surface area (TPSA) is 65.5 Å². The van der Waals surface area contributed by atoms with Crippen molar-refractivity contribution in [1.29, 1.82) is 0 Å². The molecule has 0 spiro atoms. The molecule has 1 aliphatic heterocycles. The molecule has 1 aromatic heterocycles. The molecule has 9 heteroatoms. The normalized spacial score (nSPS) is 13.1. The minimum Gasteiger partial charge on any atom is -0.344 e. The molecule has 2 amide bonds. The second kappa shape index (κ2) is 9.61. The van der Waals surface area contributed by atoms with Gasteiger partial charge in [0.25, 0.3) is 5.91 Å². The van der Waals surface area contributed by atoms with Gasteiger partial charge in [0, 0.05) is 31.5 Å². The van der Waals surface area contributed by atoms with E-state index in [2.05, 4.69) is 16.9 Å². The first kappa shape index (κ1) is 24.0. The second-order valence-electron chi connectivity index (χ2n) is 8.10. The van der Waals surface area contributed by atoms with Crippen molar-refractivity contribution in [2.24, 2.45) is 0 Å². The van der Waals surface area contributed by atoms with Gasteiger partial charge in [-0.15, -0.1) is 0 Å². The van der Waals surface area contributed by atoms with E-state index in [4.69, 9.17) is 0 Å². The number of hydrogen-bond acceptors (Lipinski definition) is 4.